The van der Waals surface area contributed by atoms with Crippen LogP contribution in [-0.4, -0.2) is 16.6 Å². The molecule has 0 N–H and O–H groups in total. The molecule has 1 aliphatic rings. The number of hydrogen-bond acceptors (Lipinski definition) is 3. The van der Waals surface area contributed by atoms with Crippen LogP contribution < -0.4 is 4.74 Å². The predicted octanol–water partition coefficient (Wildman–Crippen LogP) is 3.73. The standard InChI is InChI=1S/C14H19ClN2O/c1-9-6-4-5-7-12(9)8-18-14-13(15)16-10(2)11(3)17-14/h4-5,9,12H,6-8H2,1-3H3. The first kappa shape index (κ1) is 13.3. The monoisotopic (exact) mass is 266 g/mol. The van der Waals surface area contributed by atoms with E-state index in [1.807, 2.05) is 13.8 Å². The Balaban J connectivity index is 2.02. The molecular weight excluding hydrogens is 248 g/mol. The maximum absolute atomic E-state index is 6.04. The number of nitrogens with zero attached hydrogens (tertiary/aromatic N) is 2. The molecular formula is C14H19ClN2O. The van der Waals surface area contributed by atoms with Crippen molar-refractivity contribution < 1.29 is 4.74 Å². The Kier molecular flexibility index (Phi) is 4.23. The Morgan fingerprint density at radius 2 is 1.89 bits per heavy atom. The summed E-state index contributed by atoms with van der Waals surface area (Å²) in [4.78, 5) is 8.57. The second kappa shape index (κ2) is 5.70. The molecule has 0 aliphatic heterocycles. The number of aromatic nitrogens is 2. The maximum Gasteiger partial charge on any atom is 0.252 e. The first-order chi connectivity index (χ1) is 8.58. The maximum atomic E-state index is 6.04. The quantitative estimate of drug-likeness (QED) is 0.782. The van der Waals surface area contributed by atoms with Crippen LogP contribution in [-0.2, 0) is 0 Å². The first-order valence-corrected chi connectivity index (χ1v) is 6.74. The predicted molar refractivity (Wildman–Crippen MR) is 73.0 cm³/mol. The van der Waals surface area contributed by atoms with Crippen LogP contribution in [0.15, 0.2) is 12.2 Å². The zero-order chi connectivity index (χ0) is 13.1. The molecule has 0 saturated heterocycles. The normalized spacial score (nSPS) is 23.1. The summed E-state index contributed by atoms with van der Waals surface area (Å²) < 4.78 is 5.74. The number of aryl methyl sites for hydroxylation is 2. The van der Waals surface area contributed by atoms with Crippen LogP contribution in [0, 0.1) is 25.7 Å². The van der Waals surface area contributed by atoms with E-state index < -0.39 is 0 Å². The Labute approximate surface area is 113 Å². The number of ether oxygens (including phenoxy) is 1. The summed E-state index contributed by atoms with van der Waals surface area (Å²) in [7, 11) is 0. The van der Waals surface area contributed by atoms with Crippen LogP contribution in [0.2, 0.25) is 5.15 Å². The van der Waals surface area contributed by atoms with E-state index in [0.717, 1.165) is 24.2 Å². The van der Waals surface area contributed by atoms with Gasteiger partial charge in [-0.05, 0) is 38.5 Å². The van der Waals surface area contributed by atoms with Gasteiger partial charge in [-0.15, -0.1) is 0 Å². The molecule has 1 heterocycles. The van der Waals surface area contributed by atoms with E-state index in [2.05, 4.69) is 29.0 Å². The molecule has 2 rings (SSSR count). The second-order valence-electron chi connectivity index (χ2n) is 4.98. The van der Waals surface area contributed by atoms with Crippen molar-refractivity contribution in [1.29, 1.82) is 0 Å². The number of rotatable bonds is 3. The summed E-state index contributed by atoms with van der Waals surface area (Å²) >= 11 is 6.04. The van der Waals surface area contributed by atoms with Crippen molar-refractivity contribution >= 4 is 11.6 Å². The molecule has 2 atom stereocenters. The summed E-state index contributed by atoms with van der Waals surface area (Å²) in [5.74, 6) is 1.64. The van der Waals surface area contributed by atoms with E-state index in [1.54, 1.807) is 0 Å². The molecule has 1 aliphatic carbocycles. The molecule has 1 aromatic heterocycles. The summed E-state index contributed by atoms with van der Waals surface area (Å²) in [6.45, 7) is 6.72. The minimum atomic E-state index is 0.358. The van der Waals surface area contributed by atoms with Gasteiger partial charge in [0, 0.05) is 0 Å². The van der Waals surface area contributed by atoms with Crippen molar-refractivity contribution in [3.63, 3.8) is 0 Å². The zero-order valence-corrected chi connectivity index (χ0v) is 11.9. The molecule has 1 aromatic rings. The van der Waals surface area contributed by atoms with E-state index in [4.69, 9.17) is 16.3 Å². The van der Waals surface area contributed by atoms with Crippen LogP contribution >= 0.6 is 11.6 Å². The Morgan fingerprint density at radius 1 is 1.22 bits per heavy atom. The van der Waals surface area contributed by atoms with Crippen molar-refractivity contribution in [3.8, 4) is 5.88 Å². The second-order valence-corrected chi connectivity index (χ2v) is 5.34. The molecule has 4 heteroatoms. The zero-order valence-electron chi connectivity index (χ0n) is 11.1. The van der Waals surface area contributed by atoms with Crippen LogP contribution in [0.4, 0.5) is 0 Å². The lowest BCUT2D eigenvalue weighted by atomic mass is 9.85. The third-order valence-corrected chi connectivity index (χ3v) is 3.83. The highest BCUT2D eigenvalue weighted by Crippen LogP contribution is 2.27. The molecule has 0 amide bonds. The highest BCUT2D eigenvalue weighted by molar-refractivity contribution is 6.30. The van der Waals surface area contributed by atoms with Gasteiger partial charge in [0.05, 0.1) is 18.0 Å². The van der Waals surface area contributed by atoms with Gasteiger partial charge in [0.2, 0.25) is 0 Å². The lowest BCUT2D eigenvalue weighted by molar-refractivity contribution is 0.192. The number of allylic oxidation sites excluding steroid dienone is 2. The van der Waals surface area contributed by atoms with Gasteiger partial charge in [0.1, 0.15) is 0 Å². The van der Waals surface area contributed by atoms with Crippen LogP contribution in [0.3, 0.4) is 0 Å². The molecule has 0 radical (unpaired) electrons. The fourth-order valence-electron chi connectivity index (χ4n) is 2.07. The SMILES string of the molecule is Cc1nc(Cl)c(OCC2CC=CCC2C)nc1C. The van der Waals surface area contributed by atoms with Crippen molar-refractivity contribution in [1.82, 2.24) is 9.97 Å². The van der Waals surface area contributed by atoms with Gasteiger partial charge in [-0.1, -0.05) is 30.7 Å². The summed E-state index contributed by atoms with van der Waals surface area (Å²) in [5.41, 5.74) is 1.72. The average Bonchev–Trinajstić information content (AvgIpc) is 2.34. The Morgan fingerprint density at radius 3 is 2.61 bits per heavy atom. The molecule has 0 aromatic carbocycles. The molecule has 0 fully saturated rings. The molecule has 0 bridgehead atoms. The molecule has 3 nitrogen and oxygen atoms in total. The van der Waals surface area contributed by atoms with Crippen molar-refractivity contribution in [2.75, 3.05) is 6.61 Å². The fraction of sp³-hybridized carbons (Fsp3) is 0.571. The lowest BCUT2D eigenvalue weighted by Crippen LogP contribution is -2.21. The summed E-state index contributed by atoms with van der Waals surface area (Å²) in [6.07, 6.45) is 6.66. The first-order valence-electron chi connectivity index (χ1n) is 6.36. The van der Waals surface area contributed by atoms with E-state index >= 15 is 0 Å². The van der Waals surface area contributed by atoms with Crippen molar-refractivity contribution in [2.24, 2.45) is 11.8 Å². The molecule has 98 valence electrons. The van der Waals surface area contributed by atoms with E-state index in [9.17, 15) is 0 Å². The summed E-state index contributed by atoms with van der Waals surface area (Å²) in [5, 5.41) is 0.358. The minimum Gasteiger partial charge on any atom is -0.475 e. The fourth-order valence-corrected chi connectivity index (χ4v) is 2.30. The largest absolute Gasteiger partial charge is 0.475 e. The smallest absolute Gasteiger partial charge is 0.252 e. The number of hydrogen-bond donors (Lipinski definition) is 0. The highest BCUT2D eigenvalue weighted by Gasteiger charge is 2.20. The van der Waals surface area contributed by atoms with Gasteiger partial charge in [-0.2, -0.15) is 0 Å². The van der Waals surface area contributed by atoms with Gasteiger partial charge in [0.25, 0.3) is 5.88 Å². The Hall–Kier alpha value is -1.09. The number of halogens is 1. The van der Waals surface area contributed by atoms with Crippen LogP contribution in [0.25, 0.3) is 0 Å². The lowest BCUT2D eigenvalue weighted by Gasteiger charge is -2.25. The minimum absolute atomic E-state index is 0.358. The van der Waals surface area contributed by atoms with Gasteiger partial charge in [0.15, 0.2) is 5.15 Å². The van der Waals surface area contributed by atoms with Gasteiger partial charge in [-0.3, -0.25) is 0 Å². The van der Waals surface area contributed by atoms with Gasteiger partial charge in [-0.25, -0.2) is 9.97 Å². The summed E-state index contributed by atoms with van der Waals surface area (Å²) in [6, 6.07) is 0. The van der Waals surface area contributed by atoms with Crippen LogP contribution in [0.1, 0.15) is 31.2 Å². The third-order valence-electron chi connectivity index (χ3n) is 3.59. The van der Waals surface area contributed by atoms with E-state index in [-0.39, 0.29) is 0 Å². The average molecular weight is 267 g/mol. The van der Waals surface area contributed by atoms with Gasteiger partial charge >= 0.3 is 0 Å². The van der Waals surface area contributed by atoms with E-state index in [0.29, 0.717) is 29.5 Å². The van der Waals surface area contributed by atoms with Gasteiger partial charge < -0.3 is 4.74 Å². The highest BCUT2D eigenvalue weighted by atomic mass is 35.5. The molecule has 0 spiro atoms. The topological polar surface area (TPSA) is 35.0 Å². The molecule has 2 unspecified atom stereocenters. The molecule has 18 heavy (non-hydrogen) atoms. The van der Waals surface area contributed by atoms with Crippen LogP contribution in [0.5, 0.6) is 5.88 Å². The Bertz CT molecular complexity index is 459. The van der Waals surface area contributed by atoms with Crippen molar-refractivity contribution in [2.45, 2.75) is 33.6 Å². The van der Waals surface area contributed by atoms with E-state index in [1.165, 1.54) is 0 Å². The van der Waals surface area contributed by atoms with Crippen molar-refractivity contribution in [3.05, 3.63) is 28.7 Å². The third kappa shape index (κ3) is 3.02. The molecule has 0 saturated carbocycles.